The first-order chi connectivity index (χ1) is 11.5. The highest BCUT2D eigenvalue weighted by atomic mass is 16.5. The van der Waals surface area contributed by atoms with Gasteiger partial charge in [-0.25, -0.2) is 4.79 Å². The number of rotatable bonds is 5. The molecule has 0 spiro atoms. The maximum atomic E-state index is 12.3. The molecule has 1 aromatic rings. The topological polar surface area (TPSA) is 60.8 Å². The Kier molecular flexibility index (Phi) is 6.20. The van der Waals surface area contributed by atoms with E-state index in [2.05, 4.69) is 4.57 Å². The van der Waals surface area contributed by atoms with Crippen LogP contribution in [0.15, 0.2) is 6.08 Å². The third kappa shape index (κ3) is 3.70. The van der Waals surface area contributed by atoms with Crippen molar-refractivity contribution in [3.05, 3.63) is 28.6 Å². The van der Waals surface area contributed by atoms with Crippen LogP contribution in [0.2, 0.25) is 0 Å². The molecule has 0 atom stereocenters. The zero-order valence-corrected chi connectivity index (χ0v) is 14.9. The van der Waals surface area contributed by atoms with Crippen molar-refractivity contribution < 1.29 is 19.1 Å². The normalized spacial score (nSPS) is 15.1. The maximum Gasteiger partial charge on any atom is 0.340 e. The van der Waals surface area contributed by atoms with Gasteiger partial charge in [0.2, 0.25) is 5.91 Å². The number of hydrogen-bond donors (Lipinski definition) is 0. The second-order valence-electron chi connectivity index (χ2n) is 5.70. The van der Waals surface area contributed by atoms with Crippen LogP contribution in [0, 0.1) is 13.8 Å². The van der Waals surface area contributed by atoms with Gasteiger partial charge in [-0.05, 0) is 33.8 Å². The van der Waals surface area contributed by atoms with Gasteiger partial charge in [0.25, 0.3) is 0 Å². The number of esters is 1. The average Bonchev–Trinajstić information content (AvgIpc) is 2.83. The molecule has 24 heavy (non-hydrogen) atoms. The number of nitrogens with zero attached hydrogens (tertiary/aromatic N) is 2. The van der Waals surface area contributed by atoms with Crippen LogP contribution >= 0.6 is 0 Å². The minimum atomic E-state index is -0.344. The maximum absolute atomic E-state index is 12.3. The molecule has 1 amide bonds. The molecule has 1 saturated heterocycles. The van der Waals surface area contributed by atoms with E-state index in [0.29, 0.717) is 38.5 Å². The van der Waals surface area contributed by atoms with Crippen LogP contribution in [0.3, 0.4) is 0 Å². The minimum Gasteiger partial charge on any atom is -0.462 e. The monoisotopic (exact) mass is 334 g/mol. The van der Waals surface area contributed by atoms with Crippen molar-refractivity contribution in [2.75, 3.05) is 32.9 Å². The van der Waals surface area contributed by atoms with E-state index in [4.69, 9.17) is 9.47 Å². The largest absolute Gasteiger partial charge is 0.462 e. The summed E-state index contributed by atoms with van der Waals surface area (Å²) in [7, 11) is 0. The van der Waals surface area contributed by atoms with Crippen LogP contribution in [-0.4, -0.2) is 54.3 Å². The summed E-state index contributed by atoms with van der Waals surface area (Å²) in [6.45, 7) is 11.1. The van der Waals surface area contributed by atoms with Crippen LogP contribution in [0.5, 0.6) is 0 Å². The zero-order chi connectivity index (χ0) is 17.7. The summed E-state index contributed by atoms with van der Waals surface area (Å²) in [6, 6.07) is 0. The third-order valence-corrected chi connectivity index (χ3v) is 4.34. The highest BCUT2D eigenvalue weighted by Crippen LogP contribution is 2.25. The number of aromatic nitrogens is 1. The highest BCUT2D eigenvalue weighted by molar-refractivity contribution is 5.98. The van der Waals surface area contributed by atoms with Gasteiger partial charge in [-0.1, -0.05) is 0 Å². The number of hydrogen-bond acceptors (Lipinski definition) is 4. The Morgan fingerprint density at radius 2 is 1.83 bits per heavy atom. The van der Waals surface area contributed by atoms with Gasteiger partial charge < -0.3 is 18.9 Å². The van der Waals surface area contributed by atoms with Crippen LogP contribution in [0.4, 0.5) is 0 Å². The van der Waals surface area contributed by atoms with Crippen molar-refractivity contribution in [3.63, 3.8) is 0 Å². The van der Waals surface area contributed by atoms with Crippen LogP contribution < -0.4 is 0 Å². The minimum absolute atomic E-state index is 0.0607. The van der Waals surface area contributed by atoms with Crippen molar-refractivity contribution in [3.8, 4) is 0 Å². The van der Waals surface area contributed by atoms with E-state index in [9.17, 15) is 9.59 Å². The van der Waals surface area contributed by atoms with Gasteiger partial charge in [-0.3, -0.25) is 4.79 Å². The van der Waals surface area contributed by atoms with Gasteiger partial charge in [0, 0.05) is 42.7 Å². The molecule has 0 saturated carbocycles. The van der Waals surface area contributed by atoms with Gasteiger partial charge in [0.15, 0.2) is 0 Å². The summed E-state index contributed by atoms with van der Waals surface area (Å²) in [6.07, 6.45) is 3.27. The molecule has 1 aliphatic rings. The van der Waals surface area contributed by atoms with Crippen molar-refractivity contribution in [1.82, 2.24) is 9.47 Å². The molecule has 0 bridgehead atoms. The summed E-state index contributed by atoms with van der Waals surface area (Å²) < 4.78 is 12.5. The predicted molar refractivity (Wildman–Crippen MR) is 92.0 cm³/mol. The predicted octanol–water partition coefficient (Wildman–Crippen LogP) is 2.17. The lowest BCUT2D eigenvalue weighted by Crippen LogP contribution is -2.39. The Morgan fingerprint density at radius 1 is 1.17 bits per heavy atom. The molecule has 1 fully saturated rings. The smallest absolute Gasteiger partial charge is 0.340 e. The van der Waals surface area contributed by atoms with E-state index >= 15 is 0 Å². The Morgan fingerprint density at radius 3 is 2.42 bits per heavy atom. The SMILES string of the molecule is CCOC(=O)c1c(/C=C/C(=O)N2CCOCC2)c(C)n(CC)c1C. The first-order valence-electron chi connectivity index (χ1n) is 8.42. The van der Waals surface area contributed by atoms with E-state index in [-0.39, 0.29) is 11.9 Å². The average molecular weight is 334 g/mol. The lowest BCUT2D eigenvalue weighted by Gasteiger charge is -2.25. The van der Waals surface area contributed by atoms with Gasteiger partial charge in [0.05, 0.1) is 25.4 Å². The molecule has 6 heteroatoms. The molecule has 0 N–H and O–H groups in total. The molecule has 2 heterocycles. The number of carbonyl (C=O) groups excluding carboxylic acids is 2. The molecule has 1 aliphatic heterocycles. The molecular weight excluding hydrogens is 308 g/mol. The number of morpholine rings is 1. The lowest BCUT2D eigenvalue weighted by atomic mass is 10.1. The zero-order valence-electron chi connectivity index (χ0n) is 14.9. The molecule has 0 unspecified atom stereocenters. The molecule has 6 nitrogen and oxygen atoms in total. The fourth-order valence-corrected chi connectivity index (χ4v) is 3.09. The van der Waals surface area contributed by atoms with Gasteiger partial charge in [-0.2, -0.15) is 0 Å². The van der Waals surface area contributed by atoms with Crippen LogP contribution in [0.1, 0.15) is 41.2 Å². The molecular formula is C18H26N2O4. The highest BCUT2D eigenvalue weighted by Gasteiger charge is 2.22. The van der Waals surface area contributed by atoms with Crippen LogP contribution in [0.25, 0.3) is 6.08 Å². The van der Waals surface area contributed by atoms with E-state index in [1.54, 1.807) is 17.9 Å². The molecule has 0 aromatic carbocycles. The quantitative estimate of drug-likeness (QED) is 0.612. The van der Waals surface area contributed by atoms with Gasteiger partial charge in [-0.15, -0.1) is 0 Å². The summed E-state index contributed by atoms with van der Waals surface area (Å²) in [5.41, 5.74) is 3.13. The van der Waals surface area contributed by atoms with Crippen molar-refractivity contribution >= 4 is 18.0 Å². The summed E-state index contributed by atoms with van der Waals surface area (Å²) >= 11 is 0. The molecule has 2 rings (SSSR count). The summed E-state index contributed by atoms with van der Waals surface area (Å²) in [4.78, 5) is 26.4. The summed E-state index contributed by atoms with van der Waals surface area (Å²) in [5.74, 6) is -0.404. The third-order valence-electron chi connectivity index (χ3n) is 4.34. The van der Waals surface area contributed by atoms with E-state index in [1.165, 1.54) is 6.08 Å². The van der Waals surface area contributed by atoms with Gasteiger partial charge in [0.1, 0.15) is 0 Å². The van der Waals surface area contributed by atoms with E-state index in [0.717, 1.165) is 23.5 Å². The Balaban J connectivity index is 2.32. The van der Waals surface area contributed by atoms with E-state index in [1.807, 2.05) is 20.8 Å². The Hall–Kier alpha value is -2.08. The first kappa shape index (κ1) is 18.3. The number of carbonyl (C=O) groups is 2. The Bertz CT molecular complexity index is 640. The fraction of sp³-hybridized carbons (Fsp3) is 0.556. The number of amides is 1. The van der Waals surface area contributed by atoms with Crippen molar-refractivity contribution in [2.45, 2.75) is 34.2 Å². The molecule has 132 valence electrons. The standard InChI is InChI=1S/C18H26N2O4/c1-5-20-13(3)15(17(14(20)4)18(22)24-6-2)7-8-16(21)19-9-11-23-12-10-19/h7-8H,5-6,9-12H2,1-4H3/b8-7+. The first-order valence-corrected chi connectivity index (χ1v) is 8.42. The van der Waals surface area contributed by atoms with Crippen molar-refractivity contribution in [1.29, 1.82) is 0 Å². The fourth-order valence-electron chi connectivity index (χ4n) is 3.09. The molecule has 0 aliphatic carbocycles. The Labute approximate surface area is 143 Å². The lowest BCUT2D eigenvalue weighted by molar-refractivity contribution is -0.129. The second kappa shape index (κ2) is 8.15. The van der Waals surface area contributed by atoms with Crippen molar-refractivity contribution in [2.24, 2.45) is 0 Å². The van der Waals surface area contributed by atoms with Crippen LogP contribution in [-0.2, 0) is 20.8 Å². The van der Waals surface area contributed by atoms with Gasteiger partial charge >= 0.3 is 5.97 Å². The van der Waals surface area contributed by atoms with E-state index < -0.39 is 0 Å². The number of ether oxygens (including phenoxy) is 2. The molecule has 0 radical (unpaired) electrons. The molecule has 1 aromatic heterocycles. The summed E-state index contributed by atoms with van der Waals surface area (Å²) in [5, 5.41) is 0. The second-order valence-corrected chi connectivity index (χ2v) is 5.70.